The van der Waals surface area contributed by atoms with Crippen molar-refractivity contribution in [2.45, 2.75) is 37.1 Å². The van der Waals surface area contributed by atoms with Crippen molar-refractivity contribution in [1.29, 1.82) is 0 Å². The van der Waals surface area contributed by atoms with Crippen molar-refractivity contribution in [3.63, 3.8) is 0 Å². The molecule has 0 amide bonds. The average molecular weight is 505 g/mol. The van der Waals surface area contributed by atoms with Gasteiger partial charge in [0.05, 0.1) is 26.4 Å². The molecule has 2 aliphatic heterocycles. The monoisotopic (exact) mass is 504 g/mol. The minimum atomic E-state index is -2.39. The molecule has 188 valence electrons. The Morgan fingerprint density at radius 3 is 1.13 bits per heavy atom. The summed E-state index contributed by atoms with van der Waals surface area (Å²) in [5.74, 6) is 0. The Hall–Kier alpha value is 0.251. The second-order valence-electron chi connectivity index (χ2n) is 6.86. The number of rotatable bonds is 18. The molecule has 13 heteroatoms. The summed E-state index contributed by atoms with van der Waals surface area (Å²) < 4.78 is 52.6. The summed E-state index contributed by atoms with van der Waals surface area (Å²) in [6, 6.07) is 1.56. The third-order valence-electron chi connectivity index (χ3n) is 4.82. The Morgan fingerprint density at radius 1 is 0.613 bits per heavy atom. The van der Waals surface area contributed by atoms with E-state index in [1.807, 2.05) is 0 Å². The maximum Gasteiger partial charge on any atom is 0.500 e. The van der Waals surface area contributed by atoms with E-state index in [9.17, 15) is 0 Å². The molecule has 0 aliphatic carbocycles. The van der Waals surface area contributed by atoms with Crippen molar-refractivity contribution in [3.05, 3.63) is 0 Å². The summed E-state index contributed by atoms with van der Waals surface area (Å²) in [5.41, 5.74) is 0. The molecule has 0 radical (unpaired) electrons. The van der Waals surface area contributed by atoms with Crippen LogP contribution in [-0.4, -0.2) is 123 Å². The van der Waals surface area contributed by atoms with E-state index in [1.165, 1.54) is 0 Å². The molecule has 2 aliphatic rings. The highest BCUT2D eigenvalue weighted by atomic mass is 28.4. The van der Waals surface area contributed by atoms with Gasteiger partial charge in [-0.25, -0.2) is 0 Å². The van der Waals surface area contributed by atoms with E-state index >= 15 is 0 Å². The Kier molecular flexibility index (Phi) is 17.8. The second kappa shape index (κ2) is 17.7. The van der Waals surface area contributed by atoms with Gasteiger partial charge in [0.2, 0.25) is 0 Å². The Morgan fingerprint density at radius 2 is 0.903 bits per heavy atom. The lowest BCUT2D eigenvalue weighted by Gasteiger charge is -2.24. The zero-order valence-corrected chi connectivity index (χ0v) is 21.3. The SMILES string of the molecule is CO[Si](CCCOCC1CO1)(OC)OC.CO[Si](CCCOCC1CO1)(OC)OC.[SiH4]. The molecule has 2 fully saturated rings. The maximum atomic E-state index is 5.42. The van der Waals surface area contributed by atoms with E-state index in [1.54, 1.807) is 42.7 Å². The fraction of sp³-hybridized carbons (Fsp3) is 1.00. The van der Waals surface area contributed by atoms with Crippen molar-refractivity contribution >= 4 is 28.6 Å². The fourth-order valence-electron chi connectivity index (χ4n) is 2.65. The first kappa shape index (κ1) is 31.3. The smallest absolute Gasteiger partial charge is 0.379 e. The lowest BCUT2D eigenvalue weighted by molar-refractivity contribution is 0.0999. The van der Waals surface area contributed by atoms with E-state index in [0.717, 1.165) is 38.1 Å². The normalized spacial score (nSPS) is 19.9. The molecule has 0 bridgehead atoms. The number of hydrogen-bond donors (Lipinski definition) is 0. The van der Waals surface area contributed by atoms with E-state index in [2.05, 4.69) is 0 Å². The van der Waals surface area contributed by atoms with Crippen molar-refractivity contribution in [2.24, 2.45) is 0 Å². The van der Waals surface area contributed by atoms with Crippen LogP contribution in [0.5, 0.6) is 0 Å². The van der Waals surface area contributed by atoms with E-state index in [-0.39, 0.29) is 11.0 Å². The average Bonchev–Trinajstić information content (AvgIpc) is 3.70. The van der Waals surface area contributed by atoms with Gasteiger partial charge in [0.25, 0.3) is 0 Å². The van der Waals surface area contributed by atoms with Gasteiger partial charge in [-0.05, 0) is 23.8 Å². The van der Waals surface area contributed by atoms with Crippen LogP contribution in [0.3, 0.4) is 0 Å². The van der Waals surface area contributed by atoms with Crippen molar-refractivity contribution in [1.82, 2.24) is 0 Å². The molecule has 2 rings (SSSR count). The van der Waals surface area contributed by atoms with Gasteiger partial charge in [-0.2, -0.15) is 0 Å². The topological polar surface area (TPSA) is 98.9 Å². The van der Waals surface area contributed by atoms with Crippen molar-refractivity contribution < 1.29 is 45.5 Å². The molecule has 0 saturated carbocycles. The van der Waals surface area contributed by atoms with Gasteiger partial charge in [0.15, 0.2) is 0 Å². The third-order valence-corrected chi connectivity index (χ3v) is 10.5. The summed E-state index contributed by atoms with van der Waals surface area (Å²) in [6.45, 7) is 4.47. The minimum absolute atomic E-state index is 0. The van der Waals surface area contributed by atoms with Gasteiger partial charge in [-0.1, -0.05) is 0 Å². The zero-order chi connectivity index (χ0) is 22.3. The molecule has 2 atom stereocenters. The Bertz CT molecular complexity index is 365. The standard InChI is InChI=1S/2C9H20O5Si.H4Si/c2*1-10-15(11-2,12-3)6-4-5-13-7-9-8-14-9;/h2*9H,4-8H2,1-3H3;1H4. The summed E-state index contributed by atoms with van der Waals surface area (Å²) in [5, 5.41) is 0. The highest BCUT2D eigenvalue weighted by molar-refractivity contribution is 6.60. The van der Waals surface area contributed by atoms with Gasteiger partial charge >= 0.3 is 17.6 Å². The zero-order valence-electron chi connectivity index (χ0n) is 19.3. The molecule has 2 heterocycles. The van der Waals surface area contributed by atoms with Crippen LogP contribution in [0.4, 0.5) is 0 Å². The Labute approximate surface area is 193 Å². The first-order chi connectivity index (χ1) is 14.5. The van der Waals surface area contributed by atoms with Crippen LogP contribution in [0.2, 0.25) is 12.1 Å². The van der Waals surface area contributed by atoms with Gasteiger partial charge in [-0.3, -0.25) is 0 Å². The molecule has 0 aromatic carbocycles. The van der Waals surface area contributed by atoms with E-state index in [4.69, 9.17) is 45.5 Å². The van der Waals surface area contributed by atoms with Gasteiger partial charge in [-0.15, -0.1) is 0 Å². The first-order valence-electron chi connectivity index (χ1n) is 10.2. The second-order valence-corrected chi connectivity index (χ2v) is 13.0. The molecule has 10 nitrogen and oxygen atoms in total. The molecule has 0 aromatic heterocycles. The molecular formula is C18H44O10Si3. The molecule has 0 spiro atoms. The number of epoxide rings is 2. The lowest BCUT2D eigenvalue weighted by atomic mass is 10.5. The summed E-state index contributed by atoms with van der Waals surface area (Å²) in [7, 11) is 4.96. The van der Waals surface area contributed by atoms with Crippen LogP contribution in [0.15, 0.2) is 0 Å². The third kappa shape index (κ3) is 13.5. The van der Waals surface area contributed by atoms with Gasteiger partial charge in [0, 0.05) is 68.0 Å². The Balaban J connectivity index is 0.000000562. The van der Waals surface area contributed by atoms with Crippen LogP contribution in [-0.2, 0) is 45.5 Å². The predicted molar refractivity (Wildman–Crippen MR) is 125 cm³/mol. The number of hydrogen-bond acceptors (Lipinski definition) is 10. The molecule has 31 heavy (non-hydrogen) atoms. The fourth-order valence-corrected chi connectivity index (χ4v) is 6.03. The van der Waals surface area contributed by atoms with E-state index < -0.39 is 17.6 Å². The molecule has 2 saturated heterocycles. The van der Waals surface area contributed by atoms with Gasteiger partial charge in [0.1, 0.15) is 12.2 Å². The summed E-state index contributed by atoms with van der Waals surface area (Å²) in [6.07, 6.45) is 2.43. The van der Waals surface area contributed by atoms with Crippen LogP contribution in [0.1, 0.15) is 12.8 Å². The predicted octanol–water partition coefficient (Wildman–Crippen LogP) is -0.112. The quantitative estimate of drug-likeness (QED) is 0.143. The van der Waals surface area contributed by atoms with Crippen molar-refractivity contribution in [3.8, 4) is 0 Å². The maximum absolute atomic E-state index is 5.42. The van der Waals surface area contributed by atoms with E-state index in [0.29, 0.717) is 38.6 Å². The molecule has 0 N–H and O–H groups in total. The van der Waals surface area contributed by atoms with Gasteiger partial charge < -0.3 is 45.5 Å². The summed E-state index contributed by atoms with van der Waals surface area (Å²) in [4.78, 5) is 0. The van der Waals surface area contributed by atoms with Crippen LogP contribution < -0.4 is 0 Å². The highest BCUT2D eigenvalue weighted by Crippen LogP contribution is 2.16. The first-order valence-corrected chi connectivity index (χ1v) is 14.1. The van der Waals surface area contributed by atoms with Crippen LogP contribution in [0, 0.1) is 0 Å². The molecule has 0 aromatic rings. The van der Waals surface area contributed by atoms with Crippen molar-refractivity contribution in [2.75, 3.05) is 82.3 Å². The minimum Gasteiger partial charge on any atom is -0.379 e. The van der Waals surface area contributed by atoms with Crippen LogP contribution in [0.25, 0.3) is 0 Å². The highest BCUT2D eigenvalue weighted by Gasteiger charge is 2.37. The number of ether oxygens (including phenoxy) is 4. The van der Waals surface area contributed by atoms with Crippen LogP contribution >= 0.6 is 0 Å². The summed E-state index contributed by atoms with van der Waals surface area (Å²) >= 11 is 0. The molecular weight excluding hydrogens is 460 g/mol. The molecule has 2 unspecified atom stereocenters. The largest absolute Gasteiger partial charge is 0.500 e. The lowest BCUT2D eigenvalue weighted by Crippen LogP contribution is -2.42.